The van der Waals surface area contributed by atoms with Crippen LogP contribution in [-0.2, 0) is 9.53 Å². The van der Waals surface area contributed by atoms with Crippen LogP contribution in [0, 0.1) is 5.92 Å². The van der Waals surface area contributed by atoms with Crippen LogP contribution in [0.15, 0.2) is 47.5 Å². The molecule has 2 unspecified atom stereocenters. The molecule has 0 bridgehead atoms. The summed E-state index contributed by atoms with van der Waals surface area (Å²) in [6.45, 7) is 4.31. The second-order valence-corrected chi connectivity index (χ2v) is 7.31. The van der Waals surface area contributed by atoms with Gasteiger partial charge in [-0.3, -0.25) is 4.79 Å². The number of ether oxygens (including phenoxy) is 1. The fraction of sp³-hybridized carbons (Fsp3) is 0.435. The maximum Gasteiger partial charge on any atom is 0.341 e. The quantitative estimate of drug-likeness (QED) is 0.506. The van der Waals surface area contributed by atoms with Crippen LogP contribution < -0.4 is 5.32 Å². The Morgan fingerprint density at radius 1 is 1.07 bits per heavy atom. The summed E-state index contributed by atoms with van der Waals surface area (Å²) in [5.41, 5.74) is 1.41. The lowest BCUT2D eigenvalue weighted by molar-refractivity contribution is -0.147. The van der Waals surface area contributed by atoms with Crippen LogP contribution in [-0.4, -0.2) is 24.3 Å². The van der Waals surface area contributed by atoms with Gasteiger partial charge in [-0.15, -0.1) is 0 Å². The van der Waals surface area contributed by atoms with Crippen molar-refractivity contribution in [3.8, 4) is 0 Å². The lowest BCUT2D eigenvalue weighted by atomic mass is 9.86. The Morgan fingerprint density at radius 2 is 1.82 bits per heavy atom. The minimum Gasteiger partial charge on any atom is -0.465 e. The summed E-state index contributed by atoms with van der Waals surface area (Å²) >= 11 is 0. The van der Waals surface area contributed by atoms with Crippen molar-refractivity contribution in [2.24, 2.45) is 10.9 Å². The SMILES string of the molecule is CCCCCCCOC(=O)C1C(C)=NC(=O)NC1c1cccc2ccccc12. The van der Waals surface area contributed by atoms with Gasteiger partial charge in [-0.2, -0.15) is 0 Å². The summed E-state index contributed by atoms with van der Waals surface area (Å²) < 4.78 is 5.56. The number of carbonyl (C=O) groups is 2. The highest BCUT2D eigenvalue weighted by Gasteiger charge is 2.38. The van der Waals surface area contributed by atoms with Crippen molar-refractivity contribution in [3.05, 3.63) is 48.0 Å². The van der Waals surface area contributed by atoms with E-state index in [4.69, 9.17) is 4.74 Å². The molecule has 0 aliphatic carbocycles. The highest BCUT2D eigenvalue weighted by Crippen LogP contribution is 2.32. The third kappa shape index (κ3) is 4.58. The van der Waals surface area contributed by atoms with Crippen LogP contribution in [0.1, 0.15) is 57.6 Å². The van der Waals surface area contributed by atoms with Gasteiger partial charge < -0.3 is 10.1 Å². The summed E-state index contributed by atoms with van der Waals surface area (Å²) in [4.78, 5) is 28.9. The summed E-state index contributed by atoms with van der Waals surface area (Å²) in [5.74, 6) is -0.936. The van der Waals surface area contributed by atoms with E-state index in [0.29, 0.717) is 12.3 Å². The zero-order valence-electron chi connectivity index (χ0n) is 16.6. The second kappa shape index (κ2) is 9.49. The maximum atomic E-state index is 12.9. The van der Waals surface area contributed by atoms with Crippen molar-refractivity contribution in [2.45, 2.75) is 52.0 Å². The molecule has 0 aromatic heterocycles. The van der Waals surface area contributed by atoms with E-state index in [2.05, 4.69) is 17.2 Å². The highest BCUT2D eigenvalue weighted by atomic mass is 16.5. The zero-order valence-corrected chi connectivity index (χ0v) is 16.6. The zero-order chi connectivity index (χ0) is 19.9. The van der Waals surface area contributed by atoms with Gasteiger partial charge in [-0.1, -0.05) is 75.1 Å². The molecule has 0 fully saturated rings. The number of carbonyl (C=O) groups excluding carboxylic acids is 2. The number of fused-ring (bicyclic) bond motifs is 1. The van der Waals surface area contributed by atoms with Crippen molar-refractivity contribution in [1.82, 2.24) is 5.32 Å². The number of hydrogen-bond acceptors (Lipinski definition) is 3. The van der Waals surface area contributed by atoms with Crippen LogP contribution in [0.3, 0.4) is 0 Å². The number of rotatable bonds is 8. The van der Waals surface area contributed by atoms with E-state index in [-0.39, 0.29) is 5.97 Å². The summed E-state index contributed by atoms with van der Waals surface area (Å²) in [7, 11) is 0. The van der Waals surface area contributed by atoms with Crippen molar-refractivity contribution in [2.75, 3.05) is 6.61 Å². The lowest BCUT2D eigenvalue weighted by Gasteiger charge is -2.30. The smallest absolute Gasteiger partial charge is 0.341 e. The largest absolute Gasteiger partial charge is 0.465 e. The minimum atomic E-state index is -0.612. The lowest BCUT2D eigenvalue weighted by Crippen LogP contribution is -2.44. The van der Waals surface area contributed by atoms with Crippen molar-refractivity contribution in [3.63, 3.8) is 0 Å². The Bertz CT molecular complexity index is 870. The van der Waals surface area contributed by atoms with E-state index in [1.807, 2.05) is 42.5 Å². The number of nitrogens with one attached hydrogen (secondary N) is 1. The van der Waals surface area contributed by atoms with E-state index in [0.717, 1.165) is 35.6 Å². The van der Waals surface area contributed by atoms with E-state index >= 15 is 0 Å². The van der Waals surface area contributed by atoms with E-state index in [1.165, 1.54) is 12.8 Å². The molecule has 1 aliphatic heterocycles. The molecule has 5 heteroatoms. The molecule has 2 aromatic rings. The number of urea groups is 1. The number of esters is 1. The van der Waals surface area contributed by atoms with Gasteiger partial charge in [0, 0.05) is 5.71 Å². The van der Waals surface area contributed by atoms with Gasteiger partial charge in [0.1, 0.15) is 5.92 Å². The average Bonchev–Trinajstić information content (AvgIpc) is 2.69. The van der Waals surface area contributed by atoms with Crippen LogP contribution in [0.25, 0.3) is 10.8 Å². The van der Waals surface area contributed by atoms with E-state index < -0.39 is 18.0 Å². The first-order chi connectivity index (χ1) is 13.6. The van der Waals surface area contributed by atoms with Crippen LogP contribution >= 0.6 is 0 Å². The Morgan fingerprint density at radius 3 is 2.64 bits per heavy atom. The average molecular weight is 380 g/mol. The monoisotopic (exact) mass is 380 g/mol. The topological polar surface area (TPSA) is 67.8 Å². The number of hydrogen-bond donors (Lipinski definition) is 1. The first kappa shape index (κ1) is 20.1. The molecule has 3 rings (SSSR count). The fourth-order valence-electron chi connectivity index (χ4n) is 3.77. The number of aliphatic imine (C=N–C) groups is 1. The van der Waals surface area contributed by atoms with Gasteiger partial charge in [0.15, 0.2) is 0 Å². The predicted octanol–water partition coefficient (Wildman–Crippen LogP) is 5.19. The van der Waals surface area contributed by atoms with Gasteiger partial charge >= 0.3 is 12.0 Å². The predicted molar refractivity (Wildman–Crippen MR) is 112 cm³/mol. The third-order valence-corrected chi connectivity index (χ3v) is 5.24. The molecule has 5 nitrogen and oxygen atoms in total. The van der Waals surface area contributed by atoms with E-state index in [9.17, 15) is 9.59 Å². The number of benzene rings is 2. The molecule has 0 saturated carbocycles. The molecule has 1 heterocycles. The van der Waals surface area contributed by atoms with Gasteiger partial charge in [0.05, 0.1) is 12.6 Å². The molecule has 2 aromatic carbocycles. The number of nitrogens with zero attached hydrogens (tertiary/aromatic N) is 1. The standard InChI is InChI=1S/C23H28N2O3/c1-3-4-5-6-9-15-28-22(26)20-16(2)24-23(27)25-21(20)19-14-10-12-17-11-7-8-13-18(17)19/h7-8,10-14,20-21H,3-6,9,15H2,1-2H3,(H,25,27). The number of amides is 2. The van der Waals surface area contributed by atoms with Gasteiger partial charge in [-0.05, 0) is 29.7 Å². The first-order valence-electron chi connectivity index (χ1n) is 10.1. The Kier molecular flexibility index (Phi) is 6.80. The number of unbranched alkanes of at least 4 members (excludes halogenated alkanes) is 4. The van der Waals surface area contributed by atoms with Gasteiger partial charge in [0.25, 0.3) is 0 Å². The molecule has 1 aliphatic rings. The molecule has 28 heavy (non-hydrogen) atoms. The molecular formula is C23H28N2O3. The van der Waals surface area contributed by atoms with Crippen LogP contribution in [0.4, 0.5) is 4.79 Å². The Balaban J connectivity index is 1.79. The van der Waals surface area contributed by atoms with Gasteiger partial charge in [0.2, 0.25) is 0 Å². The second-order valence-electron chi connectivity index (χ2n) is 7.31. The summed E-state index contributed by atoms with van der Waals surface area (Å²) in [5, 5.41) is 4.96. The molecule has 2 amide bonds. The molecule has 0 spiro atoms. The third-order valence-electron chi connectivity index (χ3n) is 5.24. The molecule has 2 atom stereocenters. The van der Waals surface area contributed by atoms with Crippen molar-refractivity contribution in [1.29, 1.82) is 0 Å². The van der Waals surface area contributed by atoms with Gasteiger partial charge in [-0.25, -0.2) is 9.79 Å². The fourth-order valence-corrected chi connectivity index (χ4v) is 3.77. The van der Waals surface area contributed by atoms with Crippen LogP contribution in [0.2, 0.25) is 0 Å². The molecule has 0 radical (unpaired) electrons. The highest BCUT2D eigenvalue weighted by molar-refractivity contribution is 6.08. The molecule has 1 N–H and O–H groups in total. The summed E-state index contributed by atoms with van der Waals surface area (Å²) in [6, 6.07) is 13.0. The van der Waals surface area contributed by atoms with Crippen LogP contribution in [0.5, 0.6) is 0 Å². The minimum absolute atomic E-state index is 0.324. The Hall–Kier alpha value is -2.69. The maximum absolute atomic E-state index is 12.9. The van der Waals surface area contributed by atoms with Crippen molar-refractivity contribution >= 4 is 28.5 Å². The molecular weight excluding hydrogens is 352 g/mol. The normalized spacial score (nSPS) is 19.2. The summed E-state index contributed by atoms with van der Waals surface area (Å²) in [6.07, 6.45) is 5.47. The van der Waals surface area contributed by atoms with E-state index in [1.54, 1.807) is 6.92 Å². The van der Waals surface area contributed by atoms with Crippen molar-refractivity contribution < 1.29 is 14.3 Å². The first-order valence-corrected chi connectivity index (χ1v) is 10.1. The molecule has 148 valence electrons. The molecule has 0 saturated heterocycles. The Labute approximate surface area is 166 Å².